The molecule has 2 nitrogen and oxygen atoms in total. The minimum atomic E-state index is 0.592. The lowest BCUT2D eigenvalue weighted by atomic mass is 10.1. The molecule has 0 unspecified atom stereocenters. The molecule has 2 aromatic rings. The number of halogens is 1. The highest BCUT2D eigenvalue weighted by molar-refractivity contribution is 6.31. The largest absolute Gasteiger partial charge is 0.298 e. The first kappa shape index (κ1) is 10.8. The summed E-state index contributed by atoms with van der Waals surface area (Å²) in [5.41, 5.74) is 2.53. The molecular weight excluding hydrogens is 222 g/mol. The molecular formula is C13H10ClNO. The van der Waals surface area contributed by atoms with Gasteiger partial charge in [0.2, 0.25) is 0 Å². The molecule has 2 rings (SSSR count). The Morgan fingerprint density at radius 3 is 2.75 bits per heavy atom. The van der Waals surface area contributed by atoms with E-state index >= 15 is 0 Å². The van der Waals surface area contributed by atoms with Crippen molar-refractivity contribution in [3.63, 3.8) is 0 Å². The van der Waals surface area contributed by atoms with Crippen LogP contribution >= 0.6 is 11.6 Å². The zero-order chi connectivity index (χ0) is 11.4. The number of aromatic nitrogens is 1. The summed E-state index contributed by atoms with van der Waals surface area (Å²) in [6.45, 7) is 0. The molecule has 1 aromatic carbocycles. The summed E-state index contributed by atoms with van der Waals surface area (Å²) in [7, 11) is 0. The van der Waals surface area contributed by atoms with E-state index in [9.17, 15) is 4.79 Å². The molecule has 0 atom stereocenters. The van der Waals surface area contributed by atoms with E-state index in [0.717, 1.165) is 17.5 Å². The topological polar surface area (TPSA) is 30.0 Å². The van der Waals surface area contributed by atoms with E-state index in [1.807, 2.05) is 24.3 Å². The molecule has 0 fully saturated rings. The van der Waals surface area contributed by atoms with Crippen molar-refractivity contribution in [2.45, 2.75) is 6.42 Å². The van der Waals surface area contributed by atoms with Crippen LogP contribution in [0.3, 0.4) is 0 Å². The first-order valence-corrected chi connectivity index (χ1v) is 5.31. The van der Waals surface area contributed by atoms with E-state index in [-0.39, 0.29) is 0 Å². The molecule has 1 heterocycles. The number of carbonyl (C=O) groups is 1. The molecule has 0 aliphatic heterocycles. The van der Waals surface area contributed by atoms with Gasteiger partial charge in [-0.15, -0.1) is 0 Å². The quantitative estimate of drug-likeness (QED) is 0.760. The van der Waals surface area contributed by atoms with Gasteiger partial charge in [0.15, 0.2) is 0 Å². The Balaban J connectivity index is 2.25. The molecule has 0 aliphatic carbocycles. The fraction of sp³-hybridized carbons (Fsp3) is 0.0769. The maximum atomic E-state index is 10.6. The van der Waals surface area contributed by atoms with Crippen molar-refractivity contribution in [3.8, 4) is 0 Å². The smallest absolute Gasteiger partial charge is 0.150 e. The lowest BCUT2D eigenvalue weighted by Gasteiger charge is -2.04. The summed E-state index contributed by atoms with van der Waals surface area (Å²) in [5, 5.41) is 0.607. The number of hydrogen-bond acceptors (Lipinski definition) is 2. The van der Waals surface area contributed by atoms with E-state index in [4.69, 9.17) is 11.6 Å². The maximum Gasteiger partial charge on any atom is 0.150 e. The number of rotatable bonds is 3. The summed E-state index contributed by atoms with van der Waals surface area (Å²) in [4.78, 5) is 14.8. The van der Waals surface area contributed by atoms with Crippen LogP contribution in [0.15, 0.2) is 42.6 Å². The van der Waals surface area contributed by atoms with Crippen LogP contribution in [0.25, 0.3) is 0 Å². The number of pyridine rings is 1. The molecule has 1 aromatic heterocycles. The molecule has 3 heteroatoms. The van der Waals surface area contributed by atoms with E-state index in [1.54, 1.807) is 18.3 Å². The first-order valence-electron chi connectivity index (χ1n) is 4.93. The van der Waals surface area contributed by atoms with Gasteiger partial charge in [0.05, 0.1) is 0 Å². The van der Waals surface area contributed by atoms with Gasteiger partial charge in [-0.05, 0) is 23.8 Å². The molecule has 0 amide bonds. The zero-order valence-corrected chi connectivity index (χ0v) is 9.32. The van der Waals surface area contributed by atoms with Gasteiger partial charge < -0.3 is 0 Å². The minimum Gasteiger partial charge on any atom is -0.298 e. The van der Waals surface area contributed by atoms with Gasteiger partial charge in [0.1, 0.15) is 6.29 Å². The van der Waals surface area contributed by atoms with E-state index in [0.29, 0.717) is 17.0 Å². The van der Waals surface area contributed by atoms with Gasteiger partial charge in [-0.25, -0.2) is 0 Å². The van der Waals surface area contributed by atoms with Gasteiger partial charge >= 0.3 is 0 Å². The number of benzene rings is 1. The number of aldehydes is 1. The van der Waals surface area contributed by atoms with Gasteiger partial charge in [-0.1, -0.05) is 29.8 Å². The highest BCUT2D eigenvalue weighted by Gasteiger charge is 2.03. The Bertz CT molecular complexity index is 497. The van der Waals surface area contributed by atoms with E-state index < -0.39 is 0 Å². The molecule has 0 saturated carbocycles. The van der Waals surface area contributed by atoms with Crippen LogP contribution in [-0.4, -0.2) is 11.3 Å². The molecule has 0 aliphatic rings. The number of carbonyl (C=O) groups excluding carboxylic acids is 1. The second-order valence-corrected chi connectivity index (χ2v) is 3.87. The predicted molar refractivity (Wildman–Crippen MR) is 63.9 cm³/mol. The third-order valence-electron chi connectivity index (χ3n) is 2.31. The Labute approximate surface area is 98.9 Å². The van der Waals surface area contributed by atoms with Crippen molar-refractivity contribution >= 4 is 17.9 Å². The molecule has 0 bridgehead atoms. The summed E-state index contributed by atoms with van der Waals surface area (Å²) < 4.78 is 0. The average Bonchev–Trinajstić information content (AvgIpc) is 2.33. The summed E-state index contributed by atoms with van der Waals surface area (Å²) >= 11 is 6.07. The normalized spacial score (nSPS) is 10.1. The number of hydrogen-bond donors (Lipinski definition) is 0. The van der Waals surface area contributed by atoms with E-state index in [2.05, 4.69) is 4.98 Å². The van der Waals surface area contributed by atoms with Crippen LogP contribution in [0.4, 0.5) is 0 Å². The standard InChI is InChI=1S/C13H10ClNO/c14-13-7-10(9-16)4-5-11(13)8-12-3-1-2-6-15-12/h1-7,9H,8H2. The second-order valence-electron chi connectivity index (χ2n) is 3.47. The van der Waals surface area contributed by atoms with Crippen LogP contribution in [-0.2, 0) is 6.42 Å². The third kappa shape index (κ3) is 2.47. The molecule has 0 radical (unpaired) electrons. The highest BCUT2D eigenvalue weighted by atomic mass is 35.5. The van der Waals surface area contributed by atoms with Crippen LogP contribution in [0, 0.1) is 0 Å². The summed E-state index contributed by atoms with van der Waals surface area (Å²) in [6.07, 6.45) is 3.22. The lowest BCUT2D eigenvalue weighted by molar-refractivity contribution is 0.112. The fourth-order valence-corrected chi connectivity index (χ4v) is 1.73. The van der Waals surface area contributed by atoms with Gasteiger partial charge in [0.25, 0.3) is 0 Å². The van der Waals surface area contributed by atoms with E-state index in [1.165, 1.54) is 0 Å². The summed E-state index contributed by atoms with van der Waals surface area (Å²) in [6, 6.07) is 11.1. The Morgan fingerprint density at radius 1 is 1.25 bits per heavy atom. The Morgan fingerprint density at radius 2 is 2.12 bits per heavy atom. The third-order valence-corrected chi connectivity index (χ3v) is 2.66. The van der Waals surface area contributed by atoms with Gasteiger partial charge in [0, 0.05) is 28.9 Å². The maximum absolute atomic E-state index is 10.6. The van der Waals surface area contributed by atoms with Crippen LogP contribution < -0.4 is 0 Å². The Kier molecular flexibility index (Phi) is 3.32. The minimum absolute atomic E-state index is 0.592. The first-order chi connectivity index (χ1) is 7.79. The second kappa shape index (κ2) is 4.90. The van der Waals surface area contributed by atoms with Crippen LogP contribution in [0.1, 0.15) is 21.6 Å². The predicted octanol–water partition coefficient (Wildman–Crippen LogP) is 3.14. The highest BCUT2D eigenvalue weighted by Crippen LogP contribution is 2.19. The van der Waals surface area contributed by atoms with Gasteiger partial charge in [-0.3, -0.25) is 9.78 Å². The SMILES string of the molecule is O=Cc1ccc(Cc2ccccn2)c(Cl)c1. The van der Waals surface area contributed by atoms with Crippen LogP contribution in [0.5, 0.6) is 0 Å². The van der Waals surface area contributed by atoms with Crippen molar-refractivity contribution in [3.05, 3.63) is 64.4 Å². The molecule has 16 heavy (non-hydrogen) atoms. The zero-order valence-electron chi connectivity index (χ0n) is 8.56. The van der Waals surface area contributed by atoms with Gasteiger partial charge in [-0.2, -0.15) is 0 Å². The van der Waals surface area contributed by atoms with Crippen molar-refractivity contribution < 1.29 is 4.79 Å². The fourth-order valence-electron chi connectivity index (χ4n) is 1.48. The van der Waals surface area contributed by atoms with Crippen LogP contribution in [0.2, 0.25) is 5.02 Å². The molecule has 0 spiro atoms. The Hall–Kier alpha value is -1.67. The van der Waals surface area contributed by atoms with Crippen molar-refractivity contribution in [2.24, 2.45) is 0 Å². The average molecular weight is 232 g/mol. The van der Waals surface area contributed by atoms with Crippen molar-refractivity contribution in [1.29, 1.82) is 0 Å². The monoisotopic (exact) mass is 231 g/mol. The molecule has 80 valence electrons. The molecule has 0 saturated heterocycles. The lowest BCUT2D eigenvalue weighted by Crippen LogP contribution is -1.93. The van der Waals surface area contributed by atoms with Crippen molar-refractivity contribution in [1.82, 2.24) is 4.98 Å². The molecule has 0 N–H and O–H groups in total. The number of nitrogens with zero attached hydrogens (tertiary/aromatic N) is 1. The van der Waals surface area contributed by atoms with Crippen molar-refractivity contribution in [2.75, 3.05) is 0 Å². The summed E-state index contributed by atoms with van der Waals surface area (Å²) in [5.74, 6) is 0.